The van der Waals surface area contributed by atoms with Crippen LogP contribution < -0.4 is 11.3 Å². The minimum Gasteiger partial charge on any atom is -0.375 e. The van der Waals surface area contributed by atoms with Gasteiger partial charge in [0.2, 0.25) is 0 Å². The van der Waals surface area contributed by atoms with Crippen molar-refractivity contribution >= 4 is 5.82 Å². The number of nitrogen functional groups attached to an aromatic ring is 1. The summed E-state index contributed by atoms with van der Waals surface area (Å²) in [6.45, 7) is 3.53. The zero-order chi connectivity index (χ0) is 12.3. The molecule has 0 saturated carbocycles. The number of anilines is 1. The highest BCUT2D eigenvalue weighted by atomic mass is 16.5. The zero-order valence-corrected chi connectivity index (χ0v) is 10.5. The van der Waals surface area contributed by atoms with Gasteiger partial charge in [-0.1, -0.05) is 32.6 Å². The maximum Gasteiger partial charge on any atom is 0.158 e. The van der Waals surface area contributed by atoms with E-state index in [1.54, 1.807) is 12.4 Å². The molecule has 0 aliphatic carbocycles. The Morgan fingerprint density at radius 2 is 2.00 bits per heavy atom. The topological polar surface area (TPSA) is 73.1 Å². The third kappa shape index (κ3) is 6.19. The molecule has 0 atom stereocenters. The minimum atomic E-state index is 0.519. The number of rotatable bonds is 9. The van der Waals surface area contributed by atoms with Crippen molar-refractivity contribution in [3.63, 3.8) is 0 Å². The van der Waals surface area contributed by atoms with Gasteiger partial charge >= 0.3 is 0 Å². The molecule has 0 bridgehead atoms. The molecule has 0 radical (unpaired) electrons. The highest BCUT2D eigenvalue weighted by Crippen LogP contribution is 2.04. The van der Waals surface area contributed by atoms with Crippen molar-refractivity contribution in [2.75, 3.05) is 12.0 Å². The van der Waals surface area contributed by atoms with Gasteiger partial charge in [-0.05, 0) is 6.42 Å². The molecule has 0 spiro atoms. The first-order valence-corrected chi connectivity index (χ1v) is 6.22. The predicted molar refractivity (Wildman–Crippen MR) is 68.3 cm³/mol. The SMILES string of the molecule is CCCCCCCOCc1cnc(NN)cn1. The number of nitrogens with zero attached hydrogens (tertiary/aromatic N) is 2. The zero-order valence-electron chi connectivity index (χ0n) is 10.5. The van der Waals surface area contributed by atoms with Gasteiger partial charge in [0.1, 0.15) is 0 Å². The summed E-state index contributed by atoms with van der Waals surface area (Å²) in [6, 6.07) is 0. The molecule has 0 aliphatic heterocycles. The van der Waals surface area contributed by atoms with E-state index in [9.17, 15) is 0 Å². The molecule has 0 saturated heterocycles. The average Bonchev–Trinajstić information content (AvgIpc) is 2.38. The van der Waals surface area contributed by atoms with Crippen molar-refractivity contribution in [1.29, 1.82) is 0 Å². The molecule has 0 aromatic carbocycles. The van der Waals surface area contributed by atoms with Crippen LogP contribution in [0.25, 0.3) is 0 Å². The highest BCUT2D eigenvalue weighted by molar-refractivity contribution is 5.28. The van der Waals surface area contributed by atoms with Gasteiger partial charge in [0.05, 0.1) is 24.7 Å². The molecule has 0 unspecified atom stereocenters. The smallest absolute Gasteiger partial charge is 0.158 e. The fourth-order valence-electron chi connectivity index (χ4n) is 1.49. The molecule has 1 aromatic rings. The fraction of sp³-hybridized carbons (Fsp3) is 0.667. The fourth-order valence-corrected chi connectivity index (χ4v) is 1.49. The quantitative estimate of drug-likeness (QED) is 0.392. The Bertz CT molecular complexity index is 289. The van der Waals surface area contributed by atoms with E-state index >= 15 is 0 Å². The molecule has 5 heteroatoms. The van der Waals surface area contributed by atoms with Crippen molar-refractivity contribution < 1.29 is 4.74 Å². The van der Waals surface area contributed by atoms with Crippen LogP contribution in [0.2, 0.25) is 0 Å². The molecule has 0 fully saturated rings. The van der Waals surface area contributed by atoms with Crippen LogP contribution in [0.4, 0.5) is 5.82 Å². The second kappa shape index (κ2) is 8.90. The van der Waals surface area contributed by atoms with Gasteiger partial charge in [0.25, 0.3) is 0 Å². The molecule has 17 heavy (non-hydrogen) atoms. The lowest BCUT2D eigenvalue weighted by Gasteiger charge is -2.04. The lowest BCUT2D eigenvalue weighted by Crippen LogP contribution is -2.09. The van der Waals surface area contributed by atoms with E-state index in [0.29, 0.717) is 12.4 Å². The second-order valence-electron chi connectivity index (χ2n) is 4.00. The maximum atomic E-state index is 5.52. The van der Waals surface area contributed by atoms with E-state index in [-0.39, 0.29) is 0 Å². The van der Waals surface area contributed by atoms with Crippen LogP contribution in [0.3, 0.4) is 0 Å². The number of hydrogen-bond acceptors (Lipinski definition) is 5. The summed E-state index contributed by atoms with van der Waals surface area (Å²) >= 11 is 0. The average molecular weight is 238 g/mol. The first-order valence-electron chi connectivity index (χ1n) is 6.22. The molecule has 1 aromatic heterocycles. The van der Waals surface area contributed by atoms with Crippen LogP contribution in [-0.4, -0.2) is 16.6 Å². The first-order chi connectivity index (χ1) is 8.36. The number of unbranched alkanes of at least 4 members (excludes halogenated alkanes) is 4. The van der Waals surface area contributed by atoms with Gasteiger partial charge in [-0.25, -0.2) is 10.8 Å². The van der Waals surface area contributed by atoms with Gasteiger partial charge in [-0.3, -0.25) is 4.98 Å². The normalized spacial score (nSPS) is 10.5. The van der Waals surface area contributed by atoms with Crippen LogP contribution in [0.1, 0.15) is 44.7 Å². The maximum absolute atomic E-state index is 5.52. The molecule has 1 rings (SSSR count). The summed E-state index contributed by atoms with van der Waals surface area (Å²) < 4.78 is 5.52. The number of nitrogens with one attached hydrogen (secondary N) is 1. The van der Waals surface area contributed by atoms with Crippen molar-refractivity contribution in [3.8, 4) is 0 Å². The molecule has 96 valence electrons. The first kappa shape index (κ1) is 13.9. The Labute approximate surface area is 103 Å². The molecular weight excluding hydrogens is 216 g/mol. The Morgan fingerprint density at radius 1 is 1.18 bits per heavy atom. The standard InChI is InChI=1S/C12H22N4O/c1-2-3-4-5-6-7-17-10-11-8-15-12(16-13)9-14-11/h8-9H,2-7,10,13H2,1H3,(H,15,16). The minimum absolute atomic E-state index is 0.519. The Hall–Kier alpha value is -1.20. The predicted octanol–water partition coefficient (Wildman–Crippen LogP) is 2.25. The van der Waals surface area contributed by atoms with Crippen LogP contribution in [-0.2, 0) is 11.3 Å². The van der Waals surface area contributed by atoms with E-state index in [2.05, 4.69) is 22.3 Å². The molecular formula is C12H22N4O. The summed E-state index contributed by atoms with van der Waals surface area (Å²) in [5.41, 5.74) is 3.27. The summed E-state index contributed by atoms with van der Waals surface area (Å²) in [4.78, 5) is 8.22. The van der Waals surface area contributed by atoms with Crippen LogP contribution in [0.5, 0.6) is 0 Å². The number of aromatic nitrogens is 2. The summed E-state index contributed by atoms with van der Waals surface area (Å²) in [5, 5.41) is 0. The van der Waals surface area contributed by atoms with Crippen LogP contribution in [0.15, 0.2) is 12.4 Å². The summed E-state index contributed by atoms with van der Waals surface area (Å²) in [5.74, 6) is 5.76. The van der Waals surface area contributed by atoms with E-state index in [1.165, 1.54) is 25.7 Å². The van der Waals surface area contributed by atoms with E-state index < -0.39 is 0 Å². The van der Waals surface area contributed by atoms with Crippen molar-refractivity contribution in [3.05, 3.63) is 18.1 Å². The molecule has 0 amide bonds. The number of ether oxygens (including phenoxy) is 1. The third-order valence-corrected chi connectivity index (χ3v) is 2.50. The Kier molecular flexibility index (Phi) is 7.25. The molecule has 0 aliphatic rings. The number of hydrazine groups is 1. The van der Waals surface area contributed by atoms with Gasteiger partial charge in [-0.15, -0.1) is 0 Å². The molecule has 5 nitrogen and oxygen atoms in total. The van der Waals surface area contributed by atoms with Crippen LogP contribution in [0, 0.1) is 0 Å². The van der Waals surface area contributed by atoms with Crippen molar-refractivity contribution in [2.45, 2.75) is 45.6 Å². The second-order valence-corrected chi connectivity index (χ2v) is 4.00. The van der Waals surface area contributed by atoms with Crippen LogP contribution >= 0.6 is 0 Å². The van der Waals surface area contributed by atoms with Crippen molar-refractivity contribution in [1.82, 2.24) is 9.97 Å². The lowest BCUT2D eigenvalue weighted by atomic mass is 10.2. The third-order valence-electron chi connectivity index (χ3n) is 2.50. The summed E-state index contributed by atoms with van der Waals surface area (Å²) in [7, 11) is 0. The largest absolute Gasteiger partial charge is 0.375 e. The monoisotopic (exact) mass is 238 g/mol. The van der Waals surface area contributed by atoms with Gasteiger partial charge in [0, 0.05) is 6.61 Å². The van der Waals surface area contributed by atoms with Crippen molar-refractivity contribution in [2.24, 2.45) is 5.84 Å². The number of nitrogens with two attached hydrogens (primary N) is 1. The van der Waals surface area contributed by atoms with Gasteiger partial charge in [-0.2, -0.15) is 0 Å². The molecule has 3 N–H and O–H groups in total. The van der Waals surface area contributed by atoms with Gasteiger partial charge in [0.15, 0.2) is 5.82 Å². The lowest BCUT2D eigenvalue weighted by molar-refractivity contribution is 0.114. The molecule has 1 heterocycles. The Balaban J connectivity index is 2.05. The van der Waals surface area contributed by atoms with E-state index in [1.807, 2.05) is 0 Å². The highest BCUT2D eigenvalue weighted by Gasteiger charge is 1.96. The summed E-state index contributed by atoms with van der Waals surface area (Å²) in [6.07, 6.45) is 9.53. The Morgan fingerprint density at radius 3 is 2.65 bits per heavy atom. The van der Waals surface area contributed by atoms with Gasteiger partial charge < -0.3 is 10.2 Å². The number of hydrogen-bond donors (Lipinski definition) is 2. The van der Waals surface area contributed by atoms with E-state index in [0.717, 1.165) is 18.7 Å². The van der Waals surface area contributed by atoms with E-state index in [4.69, 9.17) is 10.6 Å².